The molecule has 2 aliphatic rings. The molecule has 2 aromatic heterocycles. The molecule has 0 radical (unpaired) electrons. The maximum Gasteiger partial charge on any atom is 0.319 e. The Bertz CT molecular complexity index is 1620. The third-order valence-corrected chi connectivity index (χ3v) is 7.87. The van der Waals surface area contributed by atoms with Crippen LogP contribution in [0.4, 0.5) is 15.9 Å². The summed E-state index contributed by atoms with van der Waals surface area (Å²) in [5, 5.41) is 2.06. The van der Waals surface area contributed by atoms with Gasteiger partial charge in [0.2, 0.25) is 0 Å². The van der Waals surface area contributed by atoms with Gasteiger partial charge in [-0.3, -0.25) is 4.98 Å². The van der Waals surface area contributed by atoms with Crippen LogP contribution in [0.15, 0.2) is 36.5 Å². The predicted octanol–water partition coefficient (Wildman–Crippen LogP) is 4.49. The van der Waals surface area contributed by atoms with E-state index in [0.29, 0.717) is 60.9 Å². The average molecular weight is 541 g/mol. The number of nitrogens with two attached hydrogens (primary N) is 1. The minimum atomic E-state index is -0.568. The molecular weight excluding hydrogens is 507 g/mol. The van der Waals surface area contributed by atoms with Crippen molar-refractivity contribution >= 4 is 33.2 Å². The molecule has 4 aromatic rings. The Morgan fingerprint density at radius 1 is 1.25 bits per heavy atom. The number of likely N-dealkylation sites (N-methyl/N-ethyl adjacent to an activating group) is 1. The Hall–Kier alpha value is -4.00. The lowest BCUT2D eigenvalue weighted by Crippen LogP contribution is -2.32. The van der Waals surface area contributed by atoms with Crippen molar-refractivity contribution in [2.45, 2.75) is 25.8 Å². The first-order valence-electron chi connectivity index (χ1n) is 13.7. The Labute approximate surface area is 233 Å². The third kappa shape index (κ3) is 4.89. The van der Waals surface area contributed by atoms with E-state index in [9.17, 15) is 0 Å². The number of likely N-dealkylation sites (tertiary alicyclic amines) is 1. The van der Waals surface area contributed by atoms with E-state index >= 15 is 4.39 Å². The molecule has 40 heavy (non-hydrogen) atoms. The van der Waals surface area contributed by atoms with E-state index in [4.69, 9.17) is 26.6 Å². The SMILES string of the molecule is C#Cc1cccc2cc(N)cc(-c3ncc4c(N5CCOCC(C)C5)nc(OCC5CCCN5C)nc4c3F)c12. The van der Waals surface area contributed by atoms with Crippen LogP contribution in [0.2, 0.25) is 0 Å². The first-order valence-corrected chi connectivity index (χ1v) is 13.7. The van der Waals surface area contributed by atoms with E-state index in [2.05, 4.69) is 39.7 Å². The molecule has 0 bridgehead atoms. The highest BCUT2D eigenvalue weighted by molar-refractivity contribution is 6.03. The van der Waals surface area contributed by atoms with Gasteiger partial charge in [0.1, 0.15) is 23.6 Å². The van der Waals surface area contributed by atoms with E-state index in [1.165, 1.54) is 0 Å². The van der Waals surface area contributed by atoms with Gasteiger partial charge in [-0.1, -0.05) is 25.0 Å². The van der Waals surface area contributed by atoms with Crippen molar-refractivity contribution in [3.63, 3.8) is 0 Å². The minimum Gasteiger partial charge on any atom is -0.462 e. The molecule has 9 heteroatoms. The molecule has 2 fully saturated rings. The van der Waals surface area contributed by atoms with E-state index < -0.39 is 5.82 Å². The number of aromatic nitrogens is 3. The molecule has 2 saturated heterocycles. The van der Waals surface area contributed by atoms with Crippen molar-refractivity contribution < 1.29 is 13.9 Å². The smallest absolute Gasteiger partial charge is 0.319 e. The molecule has 2 N–H and O–H groups in total. The number of pyridine rings is 1. The molecule has 0 saturated carbocycles. The fraction of sp³-hybridized carbons (Fsp3) is 0.387. The number of rotatable bonds is 5. The van der Waals surface area contributed by atoms with Crippen LogP contribution in [0, 0.1) is 24.1 Å². The highest BCUT2D eigenvalue weighted by Gasteiger charge is 2.26. The lowest BCUT2D eigenvalue weighted by molar-refractivity contribution is 0.129. The molecule has 2 aromatic carbocycles. The van der Waals surface area contributed by atoms with Crippen LogP contribution >= 0.6 is 0 Å². The zero-order valence-electron chi connectivity index (χ0n) is 22.9. The maximum absolute atomic E-state index is 16.6. The summed E-state index contributed by atoms with van der Waals surface area (Å²) in [5.41, 5.74) is 8.16. The fourth-order valence-electron chi connectivity index (χ4n) is 5.81. The van der Waals surface area contributed by atoms with Crippen LogP contribution in [-0.4, -0.2) is 72.4 Å². The summed E-state index contributed by atoms with van der Waals surface area (Å²) in [7, 11) is 2.09. The molecule has 0 aliphatic carbocycles. The average Bonchev–Trinajstić information content (AvgIpc) is 3.24. The Morgan fingerprint density at radius 2 is 2.12 bits per heavy atom. The zero-order valence-corrected chi connectivity index (χ0v) is 22.9. The van der Waals surface area contributed by atoms with Gasteiger partial charge in [0.25, 0.3) is 0 Å². The predicted molar refractivity (Wildman–Crippen MR) is 156 cm³/mol. The van der Waals surface area contributed by atoms with Crippen LogP contribution in [0.5, 0.6) is 6.01 Å². The lowest BCUT2D eigenvalue weighted by atomic mass is 9.96. The molecule has 6 rings (SSSR count). The molecular formula is C31H33FN6O2. The number of nitrogen functional groups attached to an aromatic ring is 1. The zero-order chi connectivity index (χ0) is 27.8. The number of hydrogen-bond acceptors (Lipinski definition) is 8. The van der Waals surface area contributed by atoms with Crippen molar-refractivity contribution in [2.24, 2.45) is 5.92 Å². The number of halogens is 1. The second-order valence-corrected chi connectivity index (χ2v) is 10.8. The van der Waals surface area contributed by atoms with E-state index in [0.717, 1.165) is 30.2 Å². The van der Waals surface area contributed by atoms with Crippen molar-refractivity contribution in [1.82, 2.24) is 19.9 Å². The highest BCUT2D eigenvalue weighted by Crippen LogP contribution is 2.37. The fourth-order valence-corrected chi connectivity index (χ4v) is 5.81. The highest BCUT2D eigenvalue weighted by atomic mass is 19.1. The van der Waals surface area contributed by atoms with Gasteiger partial charge in [0, 0.05) is 47.5 Å². The van der Waals surface area contributed by atoms with Gasteiger partial charge >= 0.3 is 6.01 Å². The first kappa shape index (κ1) is 26.2. The monoisotopic (exact) mass is 540 g/mol. The van der Waals surface area contributed by atoms with Gasteiger partial charge < -0.3 is 25.0 Å². The van der Waals surface area contributed by atoms with Crippen LogP contribution in [0.1, 0.15) is 25.3 Å². The Morgan fingerprint density at radius 3 is 2.92 bits per heavy atom. The number of nitrogens with zero attached hydrogens (tertiary/aromatic N) is 5. The second kappa shape index (κ2) is 10.9. The van der Waals surface area contributed by atoms with Gasteiger partial charge in [-0.15, -0.1) is 6.42 Å². The van der Waals surface area contributed by atoms with E-state index in [-0.39, 0.29) is 29.2 Å². The molecule has 0 amide bonds. The van der Waals surface area contributed by atoms with E-state index in [1.807, 2.05) is 24.3 Å². The van der Waals surface area contributed by atoms with Crippen LogP contribution in [0.3, 0.4) is 0 Å². The standard InChI is InChI=1S/C31H33FN6O2/c1-4-20-7-5-8-21-13-22(33)14-24(26(20)21)28-27(32)29-25(15-34-28)30(38-11-12-39-17-19(2)16-38)36-31(35-29)40-18-23-9-6-10-37(23)3/h1,5,7-8,13-15,19,23H,6,9-12,16-18,33H2,2-3H3. The van der Waals surface area contributed by atoms with Crippen molar-refractivity contribution in [3.05, 3.63) is 47.9 Å². The topological polar surface area (TPSA) is 89.6 Å². The summed E-state index contributed by atoms with van der Waals surface area (Å²) in [4.78, 5) is 18.4. The quantitative estimate of drug-likeness (QED) is 0.293. The molecule has 2 atom stereocenters. The van der Waals surface area contributed by atoms with Gasteiger partial charge in [-0.25, -0.2) is 4.39 Å². The number of hydrogen-bond donors (Lipinski definition) is 1. The summed E-state index contributed by atoms with van der Waals surface area (Å²) in [6, 6.07) is 9.56. The lowest BCUT2D eigenvalue weighted by Gasteiger charge is -2.25. The molecule has 2 aliphatic heterocycles. The molecule has 206 valence electrons. The van der Waals surface area contributed by atoms with Crippen molar-refractivity contribution in [3.8, 4) is 29.6 Å². The van der Waals surface area contributed by atoms with Gasteiger partial charge in [0.15, 0.2) is 5.82 Å². The Balaban J connectivity index is 1.52. The minimum absolute atomic E-state index is 0.131. The summed E-state index contributed by atoms with van der Waals surface area (Å²) >= 11 is 0. The van der Waals surface area contributed by atoms with Gasteiger partial charge in [0.05, 0.1) is 18.6 Å². The van der Waals surface area contributed by atoms with Gasteiger partial charge in [-0.05, 0) is 55.9 Å². The van der Waals surface area contributed by atoms with Crippen LogP contribution in [-0.2, 0) is 4.74 Å². The Kier molecular flexibility index (Phi) is 7.13. The van der Waals surface area contributed by atoms with E-state index in [1.54, 1.807) is 12.3 Å². The van der Waals surface area contributed by atoms with Crippen molar-refractivity contribution in [2.75, 3.05) is 57.1 Å². The molecule has 0 spiro atoms. The third-order valence-electron chi connectivity index (χ3n) is 7.87. The number of anilines is 2. The number of fused-ring (bicyclic) bond motifs is 2. The summed E-state index contributed by atoms with van der Waals surface area (Å²) in [6.07, 6.45) is 9.62. The maximum atomic E-state index is 16.6. The number of benzene rings is 2. The van der Waals surface area contributed by atoms with Crippen molar-refractivity contribution in [1.29, 1.82) is 0 Å². The number of ether oxygens (including phenoxy) is 2. The number of terminal acetylenes is 1. The van der Waals surface area contributed by atoms with Gasteiger partial charge in [-0.2, -0.15) is 9.97 Å². The molecule has 2 unspecified atom stereocenters. The second-order valence-electron chi connectivity index (χ2n) is 10.8. The molecule has 8 nitrogen and oxygen atoms in total. The summed E-state index contributed by atoms with van der Waals surface area (Å²) < 4.78 is 28.5. The normalized spacial score (nSPS) is 20.1. The van der Waals surface area contributed by atoms with Crippen LogP contribution in [0.25, 0.3) is 32.9 Å². The first-order chi connectivity index (χ1) is 19.4. The summed E-state index contributed by atoms with van der Waals surface area (Å²) in [5.74, 6) is 3.02. The molecule has 4 heterocycles. The summed E-state index contributed by atoms with van der Waals surface area (Å²) in [6.45, 7) is 6.14. The largest absolute Gasteiger partial charge is 0.462 e. The van der Waals surface area contributed by atoms with Crippen LogP contribution < -0.4 is 15.4 Å².